The van der Waals surface area contributed by atoms with Crippen LogP contribution in [0.3, 0.4) is 0 Å². The van der Waals surface area contributed by atoms with Crippen LogP contribution in [0.5, 0.6) is 0 Å². The summed E-state index contributed by atoms with van der Waals surface area (Å²) >= 11 is 6.08. The quantitative estimate of drug-likeness (QED) is 0.919. The molecule has 2 N–H and O–H groups in total. The molecule has 1 atom stereocenters. The maximum absolute atomic E-state index is 11.7. The monoisotopic (exact) mass is 276 g/mol. The highest BCUT2D eigenvalue weighted by Gasteiger charge is 2.18. The first-order valence-electron chi connectivity index (χ1n) is 5.28. The topological polar surface area (TPSA) is 46.3 Å². The first-order valence-corrected chi connectivity index (χ1v) is 5.66. The highest BCUT2D eigenvalue weighted by atomic mass is 35.5. The molecule has 0 aromatic heterocycles. The molecule has 0 aliphatic heterocycles. The molecule has 96 valence electrons. The average molecular weight is 277 g/mol. The second-order valence-corrected chi connectivity index (χ2v) is 4.15. The number of benzene rings is 1. The lowest BCUT2D eigenvalue weighted by Crippen LogP contribution is -2.31. The number of halogens is 2. The zero-order valence-electron chi connectivity index (χ0n) is 10.0. The number of hydrogen-bond donors (Lipinski definition) is 1. The molecule has 1 unspecified atom stereocenters. The van der Waals surface area contributed by atoms with Gasteiger partial charge in [0, 0.05) is 25.0 Å². The molecule has 3 nitrogen and oxygen atoms in total. The Kier molecular flexibility index (Phi) is 7.19. The van der Waals surface area contributed by atoms with Crippen LogP contribution in [0, 0.1) is 0 Å². The highest BCUT2D eigenvalue weighted by molar-refractivity contribution is 6.31. The number of carbonyl (C=O) groups excluding carboxylic acids is 1. The van der Waals surface area contributed by atoms with E-state index in [0.29, 0.717) is 18.0 Å². The Morgan fingerprint density at radius 1 is 1.47 bits per heavy atom. The van der Waals surface area contributed by atoms with E-state index in [1.165, 1.54) is 0 Å². The summed E-state index contributed by atoms with van der Waals surface area (Å²) < 4.78 is 0. The summed E-state index contributed by atoms with van der Waals surface area (Å²) in [6.07, 6.45) is 0.366. The standard InChI is InChI=1S/C12H17ClN2O.ClH/c1-9(15(2)12(16)7-8-14)10-5-3-4-6-11(10)13;/h3-6,9H,7-8,14H2,1-2H3;1H. The van der Waals surface area contributed by atoms with E-state index in [2.05, 4.69) is 0 Å². The van der Waals surface area contributed by atoms with Gasteiger partial charge < -0.3 is 10.6 Å². The van der Waals surface area contributed by atoms with E-state index in [4.69, 9.17) is 17.3 Å². The van der Waals surface area contributed by atoms with Crippen LogP contribution in [0.25, 0.3) is 0 Å². The van der Waals surface area contributed by atoms with Crippen LogP contribution in [0.1, 0.15) is 24.9 Å². The van der Waals surface area contributed by atoms with Gasteiger partial charge in [-0.05, 0) is 18.6 Å². The summed E-state index contributed by atoms with van der Waals surface area (Å²) in [6, 6.07) is 7.51. The molecule has 0 fully saturated rings. The number of nitrogens with two attached hydrogens (primary N) is 1. The fourth-order valence-corrected chi connectivity index (χ4v) is 1.83. The van der Waals surface area contributed by atoms with Crippen molar-refractivity contribution in [2.24, 2.45) is 5.73 Å². The van der Waals surface area contributed by atoms with Crippen LogP contribution in [-0.4, -0.2) is 24.4 Å². The van der Waals surface area contributed by atoms with Gasteiger partial charge in [0.25, 0.3) is 0 Å². The van der Waals surface area contributed by atoms with Crippen LogP contribution in [0.4, 0.5) is 0 Å². The number of nitrogens with zero attached hydrogens (tertiary/aromatic N) is 1. The Morgan fingerprint density at radius 3 is 2.59 bits per heavy atom. The molecule has 0 saturated heterocycles. The molecule has 0 bridgehead atoms. The maximum Gasteiger partial charge on any atom is 0.224 e. The van der Waals surface area contributed by atoms with Crippen molar-refractivity contribution in [3.63, 3.8) is 0 Å². The summed E-state index contributed by atoms with van der Waals surface area (Å²) in [6.45, 7) is 2.33. The lowest BCUT2D eigenvalue weighted by atomic mass is 10.1. The van der Waals surface area contributed by atoms with E-state index in [9.17, 15) is 4.79 Å². The smallest absolute Gasteiger partial charge is 0.224 e. The second-order valence-electron chi connectivity index (χ2n) is 3.74. The molecule has 0 radical (unpaired) electrons. The van der Waals surface area contributed by atoms with Crippen LogP contribution < -0.4 is 5.73 Å². The molecular weight excluding hydrogens is 259 g/mol. The molecule has 0 spiro atoms. The zero-order chi connectivity index (χ0) is 12.1. The number of rotatable bonds is 4. The molecule has 17 heavy (non-hydrogen) atoms. The largest absolute Gasteiger partial charge is 0.339 e. The highest BCUT2D eigenvalue weighted by Crippen LogP contribution is 2.26. The van der Waals surface area contributed by atoms with Crippen LogP contribution in [0.15, 0.2) is 24.3 Å². The van der Waals surface area contributed by atoms with Gasteiger partial charge in [0.15, 0.2) is 0 Å². The molecule has 0 aliphatic carbocycles. The van der Waals surface area contributed by atoms with Crippen molar-refractivity contribution in [3.05, 3.63) is 34.9 Å². The lowest BCUT2D eigenvalue weighted by molar-refractivity contribution is -0.131. The fourth-order valence-electron chi connectivity index (χ4n) is 1.54. The third-order valence-electron chi connectivity index (χ3n) is 2.69. The molecule has 0 saturated carbocycles. The molecule has 1 aromatic carbocycles. The van der Waals surface area contributed by atoms with Gasteiger partial charge in [0.1, 0.15) is 0 Å². The molecule has 5 heteroatoms. The van der Waals surface area contributed by atoms with Crippen molar-refractivity contribution < 1.29 is 4.79 Å². The fraction of sp³-hybridized carbons (Fsp3) is 0.417. The normalized spacial score (nSPS) is 11.5. The van der Waals surface area contributed by atoms with Gasteiger partial charge in [-0.15, -0.1) is 12.4 Å². The van der Waals surface area contributed by atoms with Gasteiger partial charge in [0.2, 0.25) is 5.91 Å². The van der Waals surface area contributed by atoms with Gasteiger partial charge in [-0.1, -0.05) is 29.8 Å². The molecule has 0 heterocycles. The Labute approximate surface area is 113 Å². The Morgan fingerprint density at radius 2 is 2.06 bits per heavy atom. The third-order valence-corrected chi connectivity index (χ3v) is 3.03. The first-order chi connectivity index (χ1) is 7.57. The number of carbonyl (C=O) groups is 1. The second kappa shape index (κ2) is 7.54. The van der Waals surface area contributed by atoms with E-state index in [1.54, 1.807) is 11.9 Å². The molecule has 1 amide bonds. The van der Waals surface area contributed by atoms with Crippen LogP contribution in [-0.2, 0) is 4.79 Å². The Balaban J connectivity index is 0.00000256. The van der Waals surface area contributed by atoms with Gasteiger partial charge in [-0.25, -0.2) is 0 Å². The minimum atomic E-state index is -0.0345. The predicted molar refractivity (Wildman–Crippen MR) is 73.6 cm³/mol. The Bertz CT molecular complexity index is 371. The number of amides is 1. The summed E-state index contributed by atoms with van der Waals surface area (Å²) in [5.74, 6) is 0.0370. The summed E-state index contributed by atoms with van der Waals surface area (Å²) in [5.41, 5.74) is 6.32. The number of hydrogen-bond acceptors (Lipinski definition) is 2. The molecular formula is C12H18Cl2N2O. The predicted octanol–water partition coefficient (Wildman–Crippen LogP) is 2.63. The van der Waals surface area contributed by atoms with Gasteiger partial charge >= 0.3 is 0 Å². The van der Waals surface area contributed by atoms with E-state index in [1.807, 2.05) is 31.2 Å². The van der Waals surface area contributed by atoms with E-state index >= 15 is 0 Å². The van der Waals surface area contributed by atoms with E-state index in [-0.39, 0.29) is 24.4 Å². The molecule has 0 aliphatic rings. The summed E-state index contributed by atoms with van der Waals surface area (Å²) in [4.78, 5) is 13.3. The van der Waals surface area contributed by atoms with Gasteiger partial charge in [0.05, 0.1) is 6.04 Å². The van der Waals surface area contributed by atoms with Crippen molar-refractivity contribution in [1.29, 1.82) is 0 Å². The van der Waals surface area contributed by atoms with Crippen molar-refractivity contribution in [2.75, 3.05) is 13.6 Å². The average Bonchev–Trinajstić information content (AvgIpc) is 2.28. The SMILES string of the molecule is CC(c1ccccc1Cl)N(C)C(=O)CCN.Cl. The van der Waals surface area contributed by atoms with Crippen molar-refractivity contribution >= 4 is 29.9 Å². The van der Waals surface area contributed by atoms with Crippen LogP contribution in [0.2, 0.25) is 5.02 Å². The molecule has 1 rings (SSSR count). The minimum Gasteiger partial charge on any atom is -0.339 e. The zero-order valence-corrected chi connectivity index (χ0v) is 11.6. The van der Waals surface area contributed by atoms with E-state index < -0.39 is 0 Å². The van der Waals surface area contributed by atoms with Gasteiger partial charge in [-0.3, -0.25) is 4.79 Å². The van der Waals surface area contributed by atoms with E-state index in [0.717, 1.165) is 5.56 Å². The van der Waals surface area contributed by atoms with Gasteiger partial charge in [-0.2, -0.15) is 0 Å². The third kappa shape index (κ3) is 4.19. The lowest BCUT2D eigenvalue weighted by Gasteiger charge is -2.26. The maximum atomic E-state index is 11.7. The first kappa shape index (κ1) is 16.2. The van der Waals surface area contributed by atoms with Crippen LogP contribution >= 0.6 is 24.0 Å². The van der Waals surface area contributed by atoms with Crippen molar-refractivity contribution in [3.8, 4) is 0 Å². The van der Waals surface area contributed by atoms with Crippen molar-refractivity contribution in [1.82, 2.24) is 4.90 Å². The summed E-state index contributed by atoms with van der Waals surface area (Å²) in [7, 11) is 1.77. The van der Waals surface area contributed by atoms with Crippen molar-refractivity contribution in [2.45, 2.75) is 19.4 Å². The Hall–Kier alpha value is -0.770. The minimum absolute atomic E-state index is 0. The summed E-state index contributed by atoms with van der Waals surface area (Å²) in [5, 5.41) is 0.683. The molecule has 1 aromatic rings.